The van der Waals surface area contributed by atoms with Gasteiger partial charge in [-0.1, -0.05) is 109 Å². The Balaban J connectivity index is 0.763. The van der Waals surface area contributed by atoms with Crippen LogP contribution >= 0.6 is 23.5 Å². The van der Waals surface area contributed by atoms with Crippen molar-refractivity contribution >= 4 is 59.1 Å². The lowest BCUT2D eigenvalue weighted by atomic mass is 9.88. The van der Waals surface area contributed by atoms with Gasteiger partial charge in [0, 0.05) is 88.6 Å². The normalized spacial score (nSPS) is 22.7. The van der Waals surface area contributed by atoms with Gasteiger partial charge in [-0.25, -0.2) is 9.59 Å². The Morgan fingerprint density at radius 2 is 0.859 bits per heavy atom. The van der Waals surface area contributed by atoms with Gasteiger partial charge in [-0.3, -0.25) is 19.2 Å². The lowest BCUT2D eigenvalue weighted by molar-refractivity contribution is -0.310. The van der Waals surface area contributed by atoms with Gasteiger partial charge in [0.05, 0.1) is 49.7 Å². The van der Waals surface area contributed by atoms with Crippen LogP contribution in [0.25, 0.3) is 22.3 Å². The molecular formula is C66H84N6O18S2. The van der Waals surface area contributed by atoms with Crippen molar-refractivity contribution in [1.29, 1.82) is 0 Å². The van der Waals surface area contributed by atoms with Crippen LogP contribution in [0.15, 0.2) is 133 Å². The largest absolute Gasteiger partial charge is 0.477 e. The number of thioether (sulfide) groups is 2. The molecule has 0 aromatic heterocycles. The first-order valence-electron chi connectivity index (χ1n) is 30.4. The highest BCUT2D eigenvalue weighted by Crippen LogP contribution is 2.36. The molecule has 12 atom stereocenters. The van der Waals surface area contributed by atoms with E-state index in [9.17, 15) is 69.6 Å². The number of aliphatic carboxylic acids is 2. The van der Waals surface area contributed by atoms with Crippen LogP contribution < -0.4 is 31.9 Å². The Hall–Kier alpha value is -6.86. The molecule has 0 bridgehead atoms. The first-order valence-corrected chi connectivity index (χ1v) is 32.7. The summed E-state index contributed by atoms with van der Waals surface area (Å²) < 4.78 is 23.4. The number of carbonyl (C=O) groups is 6. The lowest BCUT2D eigenvalue weighted by Gasteiger charge is -2.46. The zero-order valence-electron chi connectivity index (χ0n) is 51.3. The van der Waals surface area contributed by atoms with Crippen molar-refractivity contribution in [2.45, 2.75) is 125 Å². The SMILES string of the molecule is CC(=O)N[C@H]1[C@H]([C@H](O)[C@H](O)CNCc2ccc(-c3ccccc3)cc2)O[C@@](OCCCSCCNC(=O)c2ccc(C(=O)NCCSCCCO[C@]3(C(=O)O)C[C@H](O)[C@@H](NC(C)=O)[C@H]([C@H](O)[C@H](O)CNCc4ccc(-c5ccccc5)cc4)O3)cc2)(C(=O)O)C[C@@H]1O. The van der Waals surface area contributed by atoms with E-state index >= 15 is 0 Å². The molecule has 0 radical (unpaired) electrons. The quantitative estimate of drug-likeness (QED) is 0.0256. The second-order valence-electron chi connectivity index (χ2n) is 22.5. The van der Waals surface area contributed by atoms with Crippen LogP contribution in [0.1, 0.15) is 71.4 Å². The van der Waals surface area contributed by atoms with Crippen molar-refractivity contribution in [1.82, 2.24) is 31.9 Å². The highest BCUT2D eigenvalue weighted by Gasteiger charge is 2.57. The van der Waals surface area contributed by atoms with Gasteiger partial charge in [-0.15, -0.1) is 0 Å². The summed E-state index contributed by atoms with van der Waals surface area (Å²) >= 11 is 2.91. The third-order valence-corrected chi connectivity index (χ3v) is 17.6. The van der Waals surface area contributed by atoms with Gasteiger partial charge < -0.3 is 91.7 Å². The summed E-state index contributed by atoms with van der Waals surface area (Å²) in [4.78, 5) is 75.6. The smallest absolute Gasteiger partial charge is 0.364 e. The van der Waals surface area contributed by atoms with Gasteiger partial charge >= 0.3 is 11.9 Å². The molecule has 0 aliphatic carbocycles. The first kappa shape index (κ1) is 72.6. The highest BCUT2D eigenvalue weighted by molar-refractivity contribution is 7.99. The minimum absolute atomic E-state index is 0.131. The van der Waals surface area contributed by atoms with Gasteiger partial charge in [-0.2, -0.15) is 23.5 Å². The number of carboxylic acids is 2. The van der Waals surface area contributed by atoms with E-state index in [0.717, 1.165) is 33.4 Å². The van der Waals surface area contributed by atoms with Gasteiger partial charge in [0.2, 0.25) is 11.8 Å². The number of hydrogen-bond acceptors (Lipinski definition) is 20. The number of hydrogen-bond donors (Lipinski definition) is 14. The van der Waals surface area contributed by atoms with Gasteiger partial charge in [-0.05, 0) is 82.0 Å². The zero-order chi connectivity index (χ0) is 66.2. The van der Waals surface area contributed by atoms with Crippen LogP contribution in [0.3, 0.4) is 0 Å². The van der Waals surface area contributed by atoms with E-state index in [1.807, 2.05) is 109 Å². The summed E-state index contributed by atoms with van der Waals surface area (Å²) in [5, 5.41) is 105. The Labute approximate surface area is 542 Å². The molecule has 2 saturated heterocycles. The maximum absolute atomic E-state index is 12.9. The maximum atomic E-state index is 12.9. The monoisotopic (exact) mass is 1310 g/mol. The number of aliphatic hydroxyl groups is 6. The molecule has 14 N–H and O–H groups in total. The summed E-state index contributed by atoms with van der Waals surface area (Å²) in [5.41, 5.74) is 6.64. The number of carbonyl (C=O) groups excluding carboxylic acids is 4. The fraction of sp³-hybridized carbons (Fsp3) is 0.455. The van der Waals surface area contributed by atoms with Crippen molar-refractivity contribution < 1.29 is 88.6 Å². The molecule has 5 aromatic rings. The highest BCUT2D eigenvalue weighted by atomic mass is 32.2. The maximum Gasteiger partial charge on any atom is 0.364 e. The molecule has 0 unspecified atom stereocenters. The molecule has 26 heteroatoms. The molecule has 2 aliphatic heterocycles. The molecule has 5 aromatic carbocycles. The summed E-state index contributed by atoms with van der Waals surface area (Å²) in [6, 6.07) is 38.8. The predicted molar refractivity (Wildman–Crippen MR) is 345 cm³/mol. The minimum atomic E-state index is -2.41. The van der Waals surface area contributed by atoms with E-state index < -0.39 is 109 Å². The standard InChI is InChI=1S/C66H84N6O18S2/c1-41(73)71-55-51(75)35-65(63(83)84,89-59(55)57(79)53(77)39-67-37-43-15-19-47(20-16-43)45-11-5-3-6-12-45)87-29-9-31-91-33-27-69-61(81)49-23-25-50(26-24-49)62(82)70-28-34-92-32-10-30-88-66(64(85)86)36-52(76)56(72-42(2)74)60(90-66)58(80)54(78)40-68-38-44-17-21-48(22-18-44)46-13-7-4-8-14-46/h3-8,11-26,51-60,67-68,75-80H,9-10,27-40H2,1-2H3,(H,69,81)(H,70,82)(H,71,73)(H,72,74)(H,83,84)(H,85,86)/t51-,52-,53+,54+,55+,56+,57+,58+,59+,60+,65+,66+/m0/s1. The first-order chi connectivity index (χ1) is 44.2. The molecule has 0 saturated carbocycles. The number of ether oxygens (including phenoxy) is 4. The molecule has 24 nitrogen and oxygen atoms in total. The zero-order valence-corrected chi connectivity index (χ0v) is 52.9. The van der Waals surface area contributed by atoms with E-state index in [2.05, 4.69) is 31.9 Å². The number of aliphatic hydroxyl groups excluding tert-OH is 6. The third kappa shape index (κ3) is 21.1. The fourth-order valence-corrected chi connectivity index (χ4v) is 12.2. The summed E-state index contributed by atoms with van der Waals surface area (Å²) in [5.74, 6) is -7.90. The fourth-order valence-electron chi connectivity index (χ4n) is 10.7. The lowest BCUT2D eigenvalue weighted by Crippen LogP contribution is -2.68. The molecule has 2 heterocycles. The van der Waals surface area contributed by atoms with Crippen molar-refractivity contribution in [3.63, 3.8) is 0 Å². The van der Waals surface area contributed by atoms with Crippen LogP contribution in [-0.4, -0.2) is 211 Å². The molecule has 4 amide bonds. The number of carboxylic acid groups (broad SMARTS) is 2. The summed E-state index contributed by atoms with van der Waals surface area (Å²) in [6.45, 7) is 3.08. The van der Waals surface area contributed by atoms with Crippen molar-refractivity contribution in [2.24, 2.45) is 0 Å². The predicted octanol–water partition coefficient (Wildman–Crippen LogP) is 2.65. The molecule has 2 aliphatic rings. The van der Waals surface area contributed by atoms with Gasteiger partial charge in [0.25, 0.3) is 23.4 Å². The topological polar surface area (TPSA) is 373 Å². The Morgan fingerprint density at radius 1 is 0.511 bits per heavy atom. The van der Waals surface area contributed by atoms with Crippen LogP contribution in [-0.2, 0) is 51.2 Å². The Bertz CT molecular complexity index is 2940. The molecule has 2 fully saturated rings. The van der Waals surface area contributed by atoms with Crippen LogP contribution in [0.5, 0.6) is 0 Å². The molecule has 92 heavy (non-hydrogen) atoms. The number of benzene rings is 5. The van der Waals surface area contributed by atoms with E-state index in [0.29, 0.717) is 60.1 Å². The van der Waals surface area contributed by atoms with Crippen molar-refractivity contribution in [3.8, 4) is 22.3 Å². The van der Waals surface area contributed by atoms with Crippen molar-refractivity contribution in [2.75, 3.05) is 62.4 Å². The van der Waals surface area contributed by atoms with Crippen LogP contribution in [0.2, 0.25) is 0 Å². The van der Waals surface area contributed by atoms with Crippen LogP contribution in [0.4, 0.5) is 0 Å². The minimum Gasteiger partial charge on any atom is -0.477 e. The van der Waals surface area contributed by atoms with Crippen molar-refractivity contribution in [3.05, 3.63) is 156 Å². The number of nitrogens with one attached hydrogen (secondary N) is 6. The summed E-state index contributed by atoms with van der Waals surface area (Å²) in [6.07, 6.45) is -13.3. The summed E-state index contributed by atoms with van der Waals surface area (Å²) in [7, 11) is 0. The Morgan fingerprint density at radius 3 is 1.20 bits per heavy atom. The molecule has 498 valence electrons. The van der Waals surface area contributed by atoms with Gasteiger partial charge in [0.1, 0.15) is 24.4 Å². The number of rotatable bonds is 36. The molecule has 0 spiro atoms. The average molecular weight is 1310 g/mol. The average Bonchev–Trinajstić information content (AvgIpc) is 0.800. The Kier molecular flexibility index (Phi) is 28.4. The van der Waals surface area contributed by atoms with Crippen LogP contribution in [0, 0.1) is 0 Å². The second kappa shape index (κ2) is 36.0. The van der Waals surface area contributed by atoms with E-state index in [1.165, 1.54) is 61.6 Å². The van der Waals surface area contributed by atoms with E-state index in [-0.39, 0.29) is 51.2 Å². The third-order valence-electron chi connectivity index (χ3n) is 15.5. The van der Waals surface area contributed by atoms with E-state index in [1.54, 1.807) is 0 Å². The van der Waals surface area contributed by atoms with Gasteiger partial charge in [0.15, 0.2) is 0 Å². The van der Waals surface area contributed by atoms with E-state index in [4.69, 9.17) is 18.9 Å². The second-order valence-corrected chi connectivity index (χ2v) is 24.9. The molecular weight excluding hydrogens is 1230 g/mol. The number of amides is 4. The molecule has 7 rings (SSSR count).